The SMILES string of the molecule is COCCCCNC(C)c1nccn1C. The average Bonchev–Trinajstić information content (AvgIpc) is 2.64. The monoisotopic (exact) mass is 211 g/mol. The highest BCUT2D eigenvalue weighted by Gasteiger charge is 2.08. The molecule has 1 N–H and O–H groups in total. The molecule has 0 amide bonds. The van der Waals surface area contributed by atoms with E-state index in [2.05, 4.69) is 17.2 Å². The van der Waals surface area contributed by atoms with Gasteiger partial charge in [0.2, 0.25) is 0 Å². The molecule has 1 unspecified atom stereocenters. The number of nitrogens with one attached hydrogen (secondary N) is 1. The average molecular weight is 211 g/mol. The van der Waals surface area contributed by atoms with E-state index in [0.717, 1.165) is 31.8 Å². The Balaban J connectivity index is 2.19. The Morgan fingerprint density at radius 2 is 2.33 bits per heavy atom. The summed E-state index contributed by atoms with van der Waals surface area (Å²) >= 11 is 0. The molecule has 0 fully saturated rings. The Morgan fingerprint density at radius 1 is 1.53 bits per heavy atom. The lowest BCUT2D eigenvalue weighted by atomic mass is 10.2. The van der Waals surface area contributed by atoms with Crippen molar-refractivity contribution in [2.24, 2.45) is 7.05 Å². The van der Waals surface area contributed by atoms with Crippen molar-refractivity contribution >= 4 is 0 Å². The van der Waals surface area contributed by atoms with Crippen molar-refractivity contribution in [3.63, 3.8) is 0 Å². The van der Waals surface area contributed by atoms with Crippen molar-refractivity contribution in [1.82, 2.24) is 14.9 Å². The summed E-state index contributed by atoms with van der Waals surface area (Å²) < 4.78 is 7.04. The first kappa shape index (κ1) is 12.2. The van der Waals surface area contributed by atoms with Crippen LogP contribution in [0.25, 0.3) is 0 Å². The van der Waals surface area contributed by atoms with Crippen molar-refractivity contribution in [1.29, 1.82) is 0 Å². The standard InChI is InChI=1S/C11H21N3O/c1-10(11-13-7-8-14(11)2)12-6-4-5-9-15-3/h7-8,10,12H,4-6,9H2,1-3H3. The van der Waals surface area contributed by atoms with Crippen LogP contribution < -0.4 is 5.32 Å². The number of aromatic nitrogens is 2. The molecular formula is C11H21N3O. The van der Waals surface area contributed by atoms with Gasteiger partial charge in [-0.15, -0.1) is 0 Å². The highest BCUT2D eigenvalue weighted by atomic mass is 16.5. The number of unbranched alkanes of at least 4 members (excludes halogenated alkanes) is 1. The minimum Gasteiger partial charge on any atom is -0.385 e. The molecule has 0 aliphatic carbocycles. The van der Waals surface area contributed by atoms with Gasteiger partial charge in [0.1, 0.15) is 5.82 Å². The van der Waals surface area contributed by atoms with Crippen LogP contribution in [0, 0.1) is 0 Å². The molecule has 4 nitrogen and oxygen atoms in total. The Morgan fingerprint density at radius 3 is 2.93 bits per heavy atom. The summed E-state index contributed by atoms with van der Waals surface area (Å²) in [5.74, 6) is 1.08. The van der Waals surface area contributed by atoms with E-state index < -0.39 is 0 Å². The third kappa shape index (κ3) is 4.01. The number of methoxy groups -OCH3 is 1. The number of imidazole rings is 1. The van der Waals surface area contributed by atoms with Gasteiger partial charge >= 0.3 is 0 Å². The largest absolute Gasteiger partial charge is 0.385 e. The first-order valence-corrected chi connectivity index (χ1v) is 5.45. The number of ether oxygens (including phenoxy) is 1. The van der Waals surface area contributed by atoms with Gasteiger partial charge in [-0.3, -0.25) is 0 Å². The maximum absolute atomic E-state index is 5.00. The molecular weight excluding hydrogens is 190 g/mol. The van der Waals surface area contributed by atoms with E-state index in [1.54, 1.807) is 7.11 Å². The van der Waals surface area contributed by atoms with Crippen LogP contribution >= 0.6 is 0 Å². The molecule has 1 aromatic rings. The van der Waals surface area contributed by atoms with E-state index in [1.165, 1.54) is 0 Å². The Bertz CT molecular complexity index is 273. The predicted molar refractivity (Wildman–Crippen MR) is 60.7 cm³/mol. The maximum Gasteiger partial charge on any atom is 0.125 e. The van der Waals surface area contributed by atoms with Crippen LogP contribution in [-0.4, -0.2) is 29.8 Å². The third-order valence-electron chi connectivity index (χ3n) is 2.47. The van der Waals surface area contributed by atoms with Crippen LogP contribution in [0.3, 0.4) is 0 Å². The predicted octanol–water partition coefficient (Wildman–Crippen LogP) is 1.50. The van der Waals surface area contributed by atoms with Crippen LogP contribution in [0.4, 0.5) is 0 Å². The van der Waals surface area contributed by atoms with E-state index in [9.17, 15) is 0 Å². The fourth-order valence-electron chi connectivity index (χ4n) is 1.58. The van der Waals surface area contributed by atoms with Gasteiger partial charge in [-0.1, -0.05) is 0 Å². The minimum atomic E-state index is 0.313. The molecule has 0 bridgehead atoms. The van der Waals surface area contributed by atoms with Crippen LogP contribution in [0.2, 0.25) is 0 Å². The van der Waals surface area contributed by atoms with E-state index in [4.69, 9.17) is 4.74 Å². The van der Waals surface area contributed by atoms with Gasteiger partial charge in [-0.05, 0) is 26.3 Å². The maximum atomic E-state index is 5.00. The molecule has 0 radical (unpaired) electrons. The zero-order chi connectivity index (χ0) is 11.1. The summed E-state index contributed by atoms with van der Waals surface area (Å²) in [6, 6.07) is 0.313. The van der Waals surface area contributed by atoms with Gasteiger partial charge in [-0.25, -0.2) is 4.98 Å². The van der Waals surface area contributed by atoms with E-state index >= 15 is 0 Å². The normalized spacial score (nSPS) is 13.0. The number of rotatable bonds is 7. The summed E-state index contributed by atoms with van der Waals surface area (Å²) in [6.45, 7) is 3.99. The molecule has 1 atom stereocenters. The molecule has 0 saturated heterocycles. The van der Waals surface area contributed by atoms with E-state index in [0.29, 0.717) is 6.04 Å². The molecule has 1 heterocycles. The highest BCUT2D eigenvalue weighted by Crippen LogP contribution is 2.07. The highest BCUT2D eigenvalue weighted by molar-refractivity contribution is 4.96. The molecule has 0 aromatic carbocycles. The van der Waals surface area contributed by atoms with Crippen molar-refractivity contribution in [3.05, 3.63) is 18.2 Å². The molecule has 86 valence electrons. The van der Waals surface area contributed by atoms with Gasteiger partial charge in [0, 0.05) is 33.2 Å². The Hall–Kier alpha value is -0.870. The summed E-state index contributed by atoms with van der Waals surface area (Å²) in [6.07, 6.45) is 6.05. The lowest BCUT2D eigenvalue weighted by Crippen LogP contribution is -2.22. The second-order valence-electron chi connectivity index (χ2n) is 3.77. The van der Waals surface area contributed by atoms with Crippen LogP contribution in [0.1, 0.15) is 31.6 Å². The molecule has 0 aliphatic heterocycles. The zero-order valence-corrected chi connectivity index (χ0v) is 9.86. The smallest absolute Gasteiger partial charge is 0.125 e. The van der Waals surface area contributed by atoms with Gasteiger partial charge in [0.25, 0.3) is 0 Å². The van der Waals surface area contributed by atoms with Crippen molar-refractivity contribution < 1.29 is 4.74 Å². The molecule has 4 heteroatoms. The van der Waals surface area contributed by atoms with E-state index in [-0.39, 0.29) is 0 Å². The fraction of sp³-hybridized carbons (Fsp3) is 0.727. The quantitative estimate of drug-likeness (QED) is 0.695. The van der Waals surface area contributed by atoms with Crippen LogP contribution in [0.15, 0.2) is 12.4 Å². The summed E-state index contributed by atoms with van der Waals surface area (Å²) in [5.41, 5.74) is 0. The lowest BCUT2D eigenvalue weighted by molar-refractivity contribution is 0.192. The number of hydrogen-bond acceptors (Lipinski definition) is 3. The number of hydrogen-bond donors (Lipinski definition) is 1. The summed E-state index contributed by atoms with van der Waals surface area (Å²) in [5, 5.41) is 3.45. The fourth-order valence-corrected chi connectivity index (χ4v) is 1.58. The molecule has 15 heavy (non-hydrogen) atoms. The molecule has 1 aromatic heterocycles. The van der Waals surface area contributed by atoms with Crippen molar-refractivity contribution in [3.8, 4) is 0 Å². The third-order valence-corrected chi connectivity index (χ3v) is 2.47. The van der Waals surface area contributed by atoms with Crippen molar-refractivity contribution in [2.75, 3.05) is 20.3 Å². The summed E-state index contributed by atoms with van der Waals surface area (Å²) in [4.78, 5) is 4.31. The number of nitrogens with zero attached hydrogens (tertiary/aromatic N) is 2. The number of aryl methyl sites for hydroxylation is 1. The van der Waals surface area contributed by atoms with Gasteiger partial charge < -0.3 is 14.6 Å². The Labute approximate surface area is 91.7 Å². The molecule has 0 spiro atoms. The second-order valence-corrected chi connectivity index (χ2v) is 3.77. The lowest BCUT2D eigenvalue weighted by Gasteiger charge is -2.13. The van der Waals surface area contributed by atoms with E-state index in [1.807, 2.05) is 24.0 Å². The van der Waals surface area contributed by atoms with Gasteiger partial charge in [0.05, 0.1) is 6.04 Å². The van der Waals surface area contributed by atoms with Crippen LogP contribution in [0.5, 0.6) is 0 Å². The molecule has 0 saturated carbocycles. The molecule has 0 aliphatic rings. The Kier molecular flexibility index (Phi) is 5.36. The van der Waals surface area contributed by atoms with Crippen molar-refractivity contribution in [2.45, 2.75) is 25.8 Å². The zero-order valence-electron chi connectivity index (χ0n) is 9.86. The molecule has 1 rings (SSSR count). The second kappa shape index (κ2) is 6.58. The first-order chi connectivity index (χ1) is 7.25. The minimum absolute atomic E-state index is 0.313. The van der Waals surface area contributed by atoms with Gasteiger partial charge in [0.15, 0.2) is 0 Å². The topological polar surface area (TPSA) is 39.1 Å². The van der Waals surface area contributed by atoms with Gasteiger partial charge in [-0.2, -0.15) is 0 Å². The first-order valence-electron chi connectivity index (χ1n) is 5.45. The van der Waals surface area contributed by atoms with Crippen LogP contribution in [-0.2, 0) is 11.8 Å². The summed E-state index contributed by atoms with van der Waals surface area (Å²) in [7, 11) is 3.76.